The van der Waals surface area contributed by atoms with Crippen molar-refractivity contribution in [2.75, 3.05) is 0 Å². The summed E-state index contributed by atoms with van der Waals surface area (Å²) in [5, 5.41) is 5.04. The van der Waals surface area contributed by atoms with Gasteiger partial charge in [-0.15, -0.1) is 0 Å². The van der Waals surface area contributed by atoms with Gasteiger partial charge in [0.2, 0.25) is 0 Å². The molecule has 212 valence electrons. The van der Waals surface area contributed by atoms with Crippen molar-refractivity contribution in [3.63, 3.8) is 0 Å². The molecule has 1 aliphatic carbocycles. The molecule has 2 unspecified atom stereocenters. The molecule has 45 heavy (non-hydrogen) atoms. The van der Waals surface area contributed by atoms with Crippen molar-refractivity contribution < 1.29 is 4.74 Å². The molecule has 6 aromatic carbocycles. The summed E-state index contributed by atoms with van der Waals surface area (Å²) < 4.78 is 11.0. The number of hydrogen-bond acceptors (Lipinski definition) is 1. The van der Waals surface area contributed by atoms with Crippen molar-refractivity contribution in [1.82, 2.24) is 9.13 Å². The minimum atomic E-state index is 0.0833. The normalized spacial score (nSPS) is 16.9. The summed E-state index contributed by atoms with van der Waals surface area (Å²) in [5.41, 5.74) is 10.9. The van der Waals surface area contributed by atoms with Crippen LogP contribution in [0.1, 0.15) is 11.5 Å². The molecule has 8 aromatic rings. The Morgan fingerprint density at radius 3 is 1.71 bits per heavy atom. The number of allylic oxidation sites excluding steroid dienone is 2. The summed E-state index contributed by atoms with van der Waals surface area (Å²) in [6, 6.07) is 48.6. The zero-order chi connectivity index (χ0) is 29.5. The van der Waals surface area contributed by atoms with E-state index in [1.165, 1.54) is 66.0 Å². The van der Waals surface area contributed by atoms with E-state index in [0.717, 1.165) is 11.4 Å². The number of para-hydroxylation sites is 3. The molecule has 0 saturated heterocycles. The van der Waals surface area contributed by atoms with Gasteiger partial charge in [-0.1, -0.05) is 85.0 Å². The lowest BCUT2D eigenvalue weighted by Gasteiger charge is -2.14. The number of ether oxygens (including phenoxy) is 1. The Balaban J connectivity index is 1.15. The molecule has 2 atom stereocenters. The summed E-state index contributed by atoms with van der Waals surface area (Å²) >= 11 is 0. The maximum absolute atomic E-state index is 6.26. The van der Waals surface area contributed by atoms with Crippen molar-refractivity contribution in [2.24, 2.45) is 0 Å². The molecule has 10 rings (SSSR count). The summed E-state index contributed by atoms with van der Waals surface area (Å²) in [4.78, 5) is 0. The number of rotatable bonds is 3. The van der Waals surface area contributed by atoms with Gasteiger partial charge in [0.1, 0.15) is 11.9 Å². The molecule has 2 aliphatic rings. The van der Waals surface area contributed by atoms with Crippen LogP contribution in [0.4, 0.5) is 0 Å². The molecule has 0 N–H and O–H groups in total. The quantitative estimate of drug-likeness (QED) is 0.205. The van der Waals surface area contributed by atoms with Crippen molar-refractivity contribution in [3.8, 4) is 28.3 Å². The van der Waals surface area contributed by atoms with E-state index in [9.17, 15) is 0 Å². The van der Waals surface area contributed by atoms with E-state index in [1.807, 2.05) is 0 Å². The lowest BCUT2D eigenvalue weighted by Crippen LogP contribution is -2.15. The van der Waals surface area contributed by atoms with Gasteiger partial charge in [-0.25, -0.2) is 0 Å². The number of fused-ring (bicyclic) bond motifs is 9. The lowest BCUT2D eigenvalue weighted by molar-refractivity contribution is 0.269. The van der Waals surface area contributed by atoms with Crippen molar-refractivity contribution in [1.29, 1.82) is 0 Å². The van der Waals surface area contributed by atoms with Gasteiger partial charge in [0, 0.05) is 44.4 Å². The minimum Gasteiger partial charge on any atom is -0.485 e. The molecule has 1 aliphatic heterocycles. The van der Waals surface area contributed by atoms with Crippen LogP contribution in [0.25, 0.3) is 66.1 Å². The Labute approximate surface area is 260 Å². The van der Waals surface area contributed by atoms with E-state index in [2.05, 4.69) is 167 Å². The Morgan fingerprint density at radius 2 is 1.02 bits per heavy atom. The van der Waals surface area contributed by atoms with Crippen molar-refractivity contribution >= 4 is 43.6 Å². The second-order valence-corrected chi connectivity index (χ2v) is 12.1. The molecule has 0 bridgehead atoms. The summed E-state index contributed by atoms with van der Waals surface area (Å²) in [7, 11) is 0. The maximum Gasteiger partial charge on any atom is 0.128 e. The zero-order valence-corrected chi connectivity index (χ0v) is 24.5. The van der Waals surface area contributed by atoms with Crippen LogP contribution < -0.4 is 4.74 Å². The third kappa shape index (κ3) is 3.58. The number of aromatic nitrogens is 2. The van der Waals surface area contributed by atoms with Gasteiger partial charge in [-0.05, 0) is 83.9 Å². The molecular formula is C42H28N2O. The molecule has 3 nitrogen and oxygen atoms in total. The van der Waals surface area contributed by atoms with Crippen LogP contribution in [0.5, 0.6) is 5.75 Å². The summed E-state index contributed by atoms with van der Waals surface area (Å²) in [5.74, 6) is 1.24. The fourth-order valence-electron chi connectivity index (χ4n) is 7.61. The Bertz CT molecular complexity index is 2530. The highest BCUT2D eigenvalue weighted by Gasteiger charge is 2.32. The van der Waals surface area contributed by atoms with Gasteiger partial charge in [0.15, 0.2) is 0 Å². The molecule has 3 heterocycles. The van der Waals surface area contributed by atoms with E-state index in [-0.39, 0.29) is 12.0 Å². The Kier molecular flexibility index (Phi) is 5.11. The van der Waals surface area contributed by atoms with Gasteiger partial charge in [-0.3, -0.25) is 0 Å². The first-order valence-electron chi connectivity index (χ1n) is 15.6. The van der Waals surface area contributed by atoms with Crippen LogP contribution >= 0.6 is 0 Å². The van der Waals surface area contributed by atoms with Crippen LogP contribution in [-0.4, -0.2) is 15.2 Å². The highest BCUT2D eigenvalue weighted by Crippen LogP contribution is 2.44. The van der Waals surface area contributed by atoms with E-state index < -0.39 is 0 Å². The lowest BCUT2D eigenvalue weighted by atomic mass is 9.92. The Hall–Kier alpha value is -5.80. The topological polar surface area (TPSA) is 19.1 Å². The van der Waals surface area contributed by atoms with Gasteiger partial charge >= 0.3 is 0 Å². The summed E-state index contributed by atoms with van der Waals surface area (Å²) in [6.07, 6.45) is 8.71. The van der Waals surface area contributed by atoms with Crippen molar-refractivity contribution in [3.05, 3.63) is 163 Å². The monoisotopic (exact) mass is 576 g/mol. The van der Waals surface area contributed by atoms with E-state index >= 15 is 0 Å². The molecule has 0 spiro atoms. The smallest absolute Gasteiger partial charge is 0.128 e. The molecule has 2 aromatic heterocycles. The van der Waals surface area contributed by atoms with Gasteiger partial charge in [-0.2, -0.15) is 0 Å². The standard InChI is InChI=1S/C42H28N2O/c1-2-10-29(11-3-1)43-37-15-7-4-12-31(37)34-24-27(18-21-39(34)43)28-19-22-40-35(25-28)32-13-5-8-16-38(32)44(40)30-20-23-42-36(26-30)33-14-6-9-17-41(33)45-42/h1-26,33,41H. The second-order valence-electron chi connectivity index (χ2n) is 12.1. The maximum atomic E-state index is 6.26. The summed E-state index contributed by atoms with van der Waals surface area (Å²) in [6.45, 7) is 0. The second kappa shape index (κ2) is 9.35. The Morgan fingerprint density at radius 1 is 0.444 bits per heavy atom. The predicted molar refractivity (Wildman–Crippen MR) is 186 cm³/mol. The van der Waals surface area contributed by atoms with Gasteiger partial charge < -0.3 is 13.9 Å². The largest absolute Gasteiger partial charge is 0.485 e. The molecule has 3 heteroatoms. The first-order chi connectivity index (χ1) is 22.3. The van der Waals surface area contributed by atoms with Crippen LogP contribution in [0.15, 0.2) is 158 Å². The van der Waals surface area contributed by atoms with Crippen molar-refractivity contribution in [2.45, 2.75) is 12.0 Å². The fraction of sp³-hybridized carbons (Fsp3) is 0.0476. The van der Waals surface area contributed by atoms with Gasteiger partial charge in [0.25, 0.3) is 0 Å². The van der Waals surface area contributed by atoms with E-state index in [0.29, 0.717) is 0 Å². The molecule has 0 amide bonds. The number of nitrogens with zero attached hydrogens (tertiary/aromatic N) is 2. The number of hydrogen-bond donors (Lipinski definition) is 0. The fourth-order valence-corrected chi connectivity index (χ4v) is 7.61. The average molecular weight is 577 g/mol. The van der Waals surface area contributed by atoms with Crippen LogP contribution in [0.2, 0.25) is 0 Å². The minimum absolute atomic E-state index is 0.0833. The molecule has 0 saturated carbocycles. The highest BCUT2D eigenvalue weighted by atomic mass is 16.5. The van der Waals surface area contributed by atoms with Gasteiger partial charge in [0.05, 0.1) is 22.1 Å². The first kappa shape index (κ1) is 24.6. The molecule has 0 radical (unpaired) electrons. The van der Waals surface area contributed by atoms with E-state index in [1.54, 1.807) is 0 Å². The third-order valence-corrected chi connectivity index (χ3v) is 9.65. The zero-order valence-electron chi connectivity index (χ0n) is 24.5. The number of benzene rings is 6. The van der Waals surface area contributed by atoms with Crippen LogP contribution in [0.3, 0.4) is 0 Å². The van der Waals surface area contributed by atoms with Crippen LogP contribution in [-0.2, 0) is 0 Å². The highest BCUT2D eigenvalue weighted by molar-refractivity contribution is 6.12. The average Bonchev–Trinajstić information content (AvgIpc) is 3.75. The molecular weight excluding hydrogens is 548 g/mol. The first-order valence-corrected chi connectivity index (χ1v) is 15.6. The van der Waals surface area contributed by atoms with Crippen LogP contribution in [0, 0.1) is 0 Å². The third-order valence-electron chi connectivity index (χ3n) is 9.65. The SMILES string of the molecule is C1=CC2Oc3ccc(-n4c5ccccc5c5cc(-c6ccc7c(c6)c6ccccc6n7-c6ccccc6)ccc54)cc3C2C=C1. The van der Waals surface area contributed by atoms with E-state index in [4.69, 9.17) is 4.74 Å². The predicted octanol–water partition coefficient (Wildman–Crippen LogP) is 10.5. The molecule has 0 fully saturated rings.